The molecule has 0 fully saturated rings. The third kappa shape index (κ3) is 3.06. The van der Waals surface area contributed by atoms with Crippen molar-refractivity contribution in [1.82, 2.24) is 10.2 Å². The van der Waals surface area contributed by atoms with Crippen LogP contribution in [-0.2, 0) is 6.42 Å². The van der Waals surface area contributed by atoms with Gasteiger partial charge in [-0.05, 0) is 25.0 Å². The Morgan fingerprint density at radius 3 is 2.71 bits per heavy atom. The van der Waals surface area contributed by atoms with Crippen LogP contribution in [0.3, 0.4) is 0 Å². The molecule has 1 rings (SSSR count). The second-order valence-corrected chi connectivity index (χ2v) is 4.22. The highest BCUT2D eigenvalue weighted by Crippen LogP contribution is 2.19. The average molecular weight is 236 g/mol. The second kappa shape index (κ2) is 4.40. The van der Waals surface area contributed by atoms with Gasteiger partial charge in [0, 0.05) is 5.54 Å². The van der Waals surface area contributed by atoms with E-state index in [1.54, 1.807) is 13.0 Å². The molecule has 78 valence electrons. The lowest BCUT2D eigenvalue weighted by atomic mass is 9.96. The van der Waals surface area contributed by atoms with Crippen molar-refractivity contribution in [3.8, 4) is 0 Å². The second-order valence-electron chi connectivity index (χ2n) is 3.47. The van der Waals surface area contributed by atoms with Gasteiger partial charge in [-0.3, -0.25) is 0 Å². The van der Waals surface area contributed by atoms with Crippen LogP contribution in [0, 0.1) is 0 Å². The molecule has 0 radical (unpaired) electrons. The van der Waals surface area contributed by atoms with Crippen molar-refractivity contribution >= 4 is 23.2 Å². The van der Waals surface area contributed by atoms with Crippen LogP contribution in [-0.4, -0.2) is 27.4 Å². The Balaban J connectivity index is 2.91. The summed E-state index contributed by atoms with van der Waals surface area (Å²) in [5.41, 5.74) is 5.73. The summed E-state index contributed by atoms with van der Waals surface area (Å²) >= 11 is 11.4. The van der Waals surface area contributed by atoms with Gasteiger partial charge in [-0.2, -0.15) is 0 Å². The van der Waals surface area contributed by atoms with E-state index in [1.165, 1.54) is 0 Å². The lowest BCUT2D eigenvalue weighted by molar-refractivity contribution is 0.208. The molecule has 1 aromatic heterocycles. The van der Waals surface area contributed by atoms with Gasteiger partial charge in [-0.1, -0.05) is 23.2 Å². The summed E-state index contributed by atoms with van der Waals surface area (Å²) < 4.78 is 0. The predicted molar refractivity (Wildman–Crippen MR) is 55.4 cm³/mol. The molecule has 1 aromatic rings. The molecule has 0 aromatic carbocycles. The number of nitrogens with two attached hydrogens (primary N) is 1. The Morgan fingerprint density at radius 2 is 2.14 bits per heavy atom. The van der Waals surface area contributed by atoms with Gasteiger partial charge < -0.3 is 10.8 Å². The lowest BCUT2D eigenvalue weighted by Gasteiger charge is -2.21. The zero-order chi connectivity index (χ0) is 10.8. The molecule has 6 heteroatoms. The molecule has 0 aliphatic rings. The summed E-state index contributed by atoms with van der Waals surface area (Å²) in [6.07, 6.45) is 0.400. The van der Waals surface area contributed by atoms with Gasteiger partial charge in [0.25, 0.3) is 0 Å². The number of hydrogen-bond acceptors (Lipinski definition) is 4. The Kier molecular flexibility index (Phi) is 3.66. The molecule has 1 heterocycles. The Morgan fingerprint density at radius 1 is 1.50 bits per heavy atom. The van der Waals surface area contributed by atoms with Crippen LogP contribution in [0.4, 0.5) is 0 Å². The third-order valence-corrected chi connectivity index (χ3v) is 2.25. The van der Waals surface area contributed by atoms with E-state index < -0.39 is 5.54 Å². The summed E-state index contributed by atoms with van der Waals surface area (Å²) in [5.74, 6) is 0. The highest BCUT2D eigenvalue weighted by Gasteiger charge is 2.20. The molecule has 0 aliphatic heterocycles. The van der Waals surface area contributed by atoms with Gasteiger partial charge in [0.05, 0.1) is 6.61 Å². The fraction of sp³-hybridized carbons (Fsp3) is 0.500. The van der Waals surface area contributed by atoms with E-state index in [0.29, 0.717) is 12.0 Å². The summed E-state index contributed by atoms with van der Waals surface area (Å²) in [6, 6.07) is 1.59. The van der Waals surface area contributed by atoms with Crippen LogP contribution in [0.2, 0.25) is 10.3 Å². The first-order valence-electron chi connectivity index (χ1n) is 4.02. The van der Waals surface area contributed by atoms with Crippen molar-refractivity contribution in [2.24, 2.45) is 5.73 Å². The maximum absolute atomic E-state index is 8.98. The van der Waals surface area contributed by atoms with Crippen LogP contribution < -0.4 is 5.73 Å². The number of aliphatic hydroxyl groups is 1. The van der Waals surface area contributed by atoms with Crippen molar-refractivity contribution in [1.29, 1.82) is 0 Å². The van der Waals surface area contributed by atoms with Crippen molar-refractivity contribution < 1.29 is 5.11 Å². The lowest BCUT2D eigenvalue weighted by Crippen LogP contribution is -2.42. The highest BCUT2D eigenvalue weighted by atomic mass is 35.5. The molecule has 1 unspecified atom stereocenters. The van der Waals surface area contributed by atoms with E-state index in [4.69, 9.17) is 34.0 Å². The Hall–Kier alpha value is -0.420. The number of aromatic nitrogens is 2. The van der Waals surface area contributed by atoms with Gasteiger partial charge in [-0.25, -0.2) is 0 Å². The number of rotatable bonds is 3. The van der Waals surface area contributed by atoms with Gasteiger partial charge in [0.1, 0.15) is 0 Å². The van der Waals surface area contributed by atoms with Crippen LogP contribution >= 0.6 is 23.2 Å². The molecule has 0 saturated carbocycles. The zero-order valence-electron chi connectivity index (χ0n) is 7.67. The SMILES string of the molecule is CC(N)(CO)Cc1cc(Cl)nnc1Cl. The molecular formula is C8H11Cl2N3O. The number of nitrogens with zero attached hydrogens (tertiary/aromatic N) is 2. The number of aliphatic hydroxyl groups excluding tert-OH is 1. The largest absolute Gasteiger partial charge is 0.394 e. The molecule has 0 aliphatic carbocycles. The average Bonchev–Trinajstić information content (AvgIpc) is 2.11. The summed E-state index contributed by atoms with van der Waals surface area (Å²) in [5, 5.41) is 16.7. The molecular weight excluding hydrogens is 225 g/mol. The first-order chi connectivity index (χ1) is 6.44. The standard InChI is InChI=1S/C8H11Cl2N3O/c1-8(11,4-14)3-5-2-6(9)12-13-7(5)10/h2,14H,3-4,11H2,1H3. The molecule has 14 heavy (non-hydrogen) atoms. The summed E-state index contributed by atoms with van der Waals surface area (Å²) in [7, 11) is 0. The van der Waals surface area contributed by atoms with E-state index in [9.17, 15) is 0 Å². The van der Waals surface area contributed by atoms with Crippen LogP contribution in [0.5, 0.6) is 0 Å². The van der Waals surface area contributed by atoms with E-state index in [0.717, 1.165) is 0 Å². The first-order valence-corrected chi connectivity index (χ1v) is 4.77. The minimum atomic E-state index is -0.726. The Labute approximate surface area is 92.0 Å². The van der Waals surface area contributed by atoms with Crippen molar-refractivity contribution in [3.05, 3.63) is 21.9 Å². The van der Waals surface area contributed by atoms with Gasteiger partial charge in [-0.15, -0.1) is 10.2 Å². The Bertz CT molecular complexity index is 330. The molecule has 0 amide bonds. The van der Waals surface area contributed by atoms with Crippen LogP contribution in [0.25, 0.3) is 0 Å². The van der Waals surface area contributed by atoms with E-state index >= 15 is 0 Å². The molecule has 1 atom stereocenters. The normalized spacial score (nSPS) is 15.2. The maximum Gasteiger partial charge on any atom is 0.155 e. The molecule has 3 N–H and O–H groups in total. The van der Waals surface area contributed by atoms with Crippen LogP contribution in [0.15, 0.2) is 6.07 Å². The summed E-state index contributed by atoms with van der Waals surface area (Å²) in [6.45, 7) is 1.58. The van der Waals surface area contributed by atoms with Gasteiger partial charge in [0.2, 0.25) is 0 Å². The van der Waals surface area contributed by atoms with Crippen molar-refractivity contribution in [2.75, 3.05) is 6.61 Å². The number of halogens is 2. The van der Waals surface area contributed by atoms with E-state index in [1.807, 2.05) is 0 Å². The van der Waals surface area contributed by atoms with E-state index in [-0.39, 0.29) is 16.9 Å². The molecule has 0 spiro atoms. The highest BCUT2D eigenvalue weighted by molar-refractivity contribution is 6.31. The van der Waals surface area contributed by atoms with Crippen LogP contribution in [0.1, 0.15) is 12.5 Å². The minimum absolute atomic E-state index is 0.136. The molecule has 0 bridgehead atoms. The topological polar surface area (TPSA) is 72.0 Å². The fourth-order valence-electron chi connectivity index (χ4n) is 1.00. The van der Waals surface area contributed by atoms with E-state index in [2.05, 4.69) is 10.2 Å². The van der Waals surface area contributed by atoms with Crippen molar-refractivity contribution in [2.45, 2.75) is 18.9 Å². The maximum atomic E-state index is 8.98. The molecule has 0 saturated heterocycles. The zero-order valence-corrected chi connectivity index (χ0v) is 9.18. The minimum Gasteiger partial charge on any atom is -0.394 e. The van der Waals surface area contributed by atoms with Gasteiger partial charge >= 0.3 is 0 Å². The predicted octanol–water partition coefficient (Wildman–Crippen LogP) is 1.04. The van der Waals surface area contributed by atoms with Crippen molar-refractivity contribution in [3.63, 3.8) is 0 Å². The quantitative estimate of drug-likeness (QED) is 0.822. The fourth-order valence-corrected chi connectivity index (χ4v) is 1.33. The third-order valence-electron chi connectivity index (χ3n) is 1.75. The number of hydrogen-bond donors (Lipinski definition) is 2. The molecule has 4 nitrogen and oxygen atoms in total. The first kappa shape index (κ1) is 11.7. The summed E-state index contributed by atoms with van der Waals surface area (Å²) in [4.78, 5) is 0. The smallest absolute Gasteiger partial charge is 0.155 e. The van der Waals surface area contributed by atoms with Gasteiger partial charge in [0.15, 0.2) is 10.3 Å². The monoisotopic (exact) mass is 235 g/mol.